The molecular formula is C14H14ClN5. The van der Waals surface area contributed by atoms with Crippen LogP contribution in [0.4, 0.5) is 0 Å². The van der Waals surface area contributed by atoms with Crippen LogP contribution >= 0.6 is 11.6 Å². The van der Waals surface area contributed by atoms with Crippen LogP contribution in [0.2, 0.25) is 5.15 Å². The Balaban J connectivity index is 2.08. The van der Waals surface area contributed by atoms with Crippen LogP contribution in [0.3, 0.4) is 0 Å². The van der Waals surface area contributed by atoms with Crippen molar-refractivity contribution in [1.82, 2.24) is 20.0 Å². The van der Waals surface area contributed by atoms with Crippen molar-refractivity contribution in [2.24, 2.45) is 0 Å². The van der Waals surface area contributed by atoms with E-state index in [9.17, 15) is 5.26 Å². The number of aromatic nitrogens is 4. The van der Waals surface area contributed by atoms with Crippen LogP contribution in [0.15, 0.2) is 12.1 Å². The van der Waals surface area contributed by atoms with E-state index in [0.29, 0.717) is 22.5 Å². The van der Waals surface area contributed by atoms with Gasteiger partial charge in [-0.15, -0.1) is 5.10 Å². The molecular weight excluding hydrogens is 274 g/mol. The SMILES string of the molecule is Cc1ccc(-n2nc(C3CCCC3)c(C#N)c2Cl)nn1. The van der Waals surface area contributed by atoms with Gasteiger partial charge in [-0.25, -0.2) is 4.68 Å². The van der Waals surface area contributed by atoms with Gasteiger partial charge in [0.2, 0.25) is 0 Å². The molecule has 6 heteroatoms. The highest BCUT2D eigenvalue weighted by molar-refractivity contribution is 6.31. The second-order valence-corrected chi connectivity index (χ2v) is 5.45. The van der Waals surface area contributed by atoms with Crippen LogP contribution in [0.5, 0.6) is 0 Å². The maximum atomic E-state index is 9.34. The van der Waals surface area contributed by atoms with E-state index in [-0.39, 0.29) is 0 Å². The van der Waals surface area contributed by atoms with Crippen molar-refractivity contribution < 1.29 is 0 Å². The van der Waals surface area contributed by atoms with Gasteiger partial charge in [-0.05, 0) is 31.9 Å². The molecule has 0 bridgehead atoms. The zero-order chi connectivity index (χ0) is 14.1. The minimum Gasteiger partial charge on any atom is -0.200 e. The molecule has 2 heterocycles. The first kappa shape index (κ1) is 13.1. The predicted octanol–water partition coefficient (Wildman–Crippen LogP) is 3.15. The number of rotatable bonds is 2. The van der Waals surface area contributed by atoms with E-state index in [2.05, 4.69) is 21.4 Å². The van der Waals surface area contributed by atoms with Gasteiger partial charge in [0.15, 0.2) is 11.0 Å². The molecule has 0 spiro atoms. The Morgan fingerprint density at radius 2 is 2.05 bits per heavy atom. The van der Waals surface area contributed by atoms with Crippen LogP contribution in [-0.2, 0) is 0 Å². The summed E-state index contributed by atoms with van der Waals surface area (Å²) in [6.45, 7) is 1.87. The zero-order valence-corrected chi connectivity index (χ0v) is 11.9. The van der Waals surface area contributed by atoms with Gasteiger partial charge in [0, 0.05) is 5.92 Å². The Morgan fingerprint density at radius 3 is 2.65 bits per heavy atom. The lowest BCUT2D eigenvalue weighted by atomic mass is 10.0. The normalized spacial score (nSPS) is 15.4. The highest BCUT2D eigenvalue weighted by Crippen LogP contribution is 2.37. The second-order valence-electron chi connectivity index (χ2n) is 5.09. The maximum Gasteiger partial charge on any atom is 0.177 e. The summed E-state index contributed by atoms with van der Waals surface area (Å²) in [6.07, 6.45) is 4.51. The quantitative estimate of drug-likeness (QED) is 0.851. The van der Waals surface area contributed by atoms with Crippen molar-refractivity contribution in [2.75, 3.05) is 0 Å². The van der Waals surface area contributed by atoms with Gasteiger partial charge in [-0.2, -0.15) is 15.5 Å². The summed E-state index contributed by atoms with van der Waals surface area (Å²) in [4.78, 5) is 0. The third-order valence-corrected chi connectivity index (χ3v) is 4.06. The van der Waals surface area contributed by atoms with Crippen LogP contribution in [-0.4, -0.2) is 20.0 Å². The first-order valence-corrected chi connectivity index (χ1v) is 7.07. The Bertz CT molecular complexity index is 662. The Hall–Kier alpha value is -1.93. The molecule has 5 nitrogen and oxygen atoms in total. The van der Waals surface area contributed by atoms with Gasteiger partial charge in [0.05, 0.1) is 11.4 Å². The molecule has 102 valence electrons. The van der Waals surface area contributed by atoms with Crippen LogP contribution < -0.4 is 0 Å². The van der Waals surface area contributed by atoms with Gasteiger partial charge in [0.25, 0.3) is 0 Å². The minimum atomic E-state index is 0.326. The molecule has 0 N–H and O–H groups in total. The summed E-state index contributed by atoms with van der Waals surface area (Å²) in [5.74, 6) is 0.878. The van der Waals surface area contributed by atoms with E-state index < -0.39 is 0 Å². The minimum absolute atomic E-state index is 0.326. The fourth-order valence-electron chi connectivity index (χ4n) is 2.66. The van der Waals surface area contributed by atoms with Crippen LogP contribution in [0.25, 0.3) is 5.82 Å². The first-order chi connectivity index (χ1) is 9.70. The van der Waals surface area contributed by atoms with E-state index in [1.807, 2.05) is 13.0 Å². The molecule has 0 aliphatic heterocycles. The van der Waals surface area contributed by atoms with Crippen molar-refractivity contribution in [1.29, 1.82) is 5.26 Å². The molecule has 0 unspecified atom stereocenters. The number of halogens is 1. The van der Waals surface area contributed by atoms with Crippen molar-refractivity contribution >= 4 is 11.6 Å². The summed E-state index contributed by atoms with van der Waals surface area (Å²) in [7, 11) is 0. The van der Waals surface area contributed by atoms with Crippen LogP contribution in [0, 0.1) is 18.3 Å². The first-order valence-electron chi connectivity index (χ1n) is 6.70. The molecule has 0 saturated heterocycles. The Labute approximate surface area is 122 Å². The summed E-state index contributed by atoms with van der Waals surface area (Å²) in [5, 5.41) is 22.3. The average Bonchev–Trinajstić information content (AvgIpc) is 3.07. The predicted molar refractivity (Wildman–Crippen MR) is 74.8 cm³/mol. The van der Waals surface area contributed by atoms with Crippen molar-refractivity contribution in [2.45, 2.75) is 38.5 Å². The maximum absolute atomic E-state index is 9.34. The molecule has 1 aliphatic carbocycles. The average molecular weight is 288 g/mol. The fraction of sp³-hybridized carbons (Fsp3) is 0.429. The summed E-state index contributed by atoms with van der Waals surface area (Å²) < 4.78 is 1.51. The molecule has 20 heavy (non-hydrogen) atoms. The Morgan fingerprint density at radius 1 is 1.30 bits per heavy atom. The molecule has 1 saturated carbocycles. The van der Waals surface area contributed by atoms with Gasteiger partial charge in [-0.3, -0.25) is 0 Å². The van der Waals surface area contributed by atoms with Gasteiger partial charge in [-0.1, -0.05) is 24.4 Å². The van der Waals surface area contributed by atoms with E-state index in [4.69, 9.17) is 11.6 Å². The topological polar surface area (TPSA) is 67.4 Å². The summed E-state index contributed by atoms with van der Waals surface area (Å²) >= 11 is 6.29. The molecule has 0 atom stereocenters. The lowest BCUT2D eigenvalue weighted by Gasteiger charge is -2.04. The summed E-state index contributed by atoms with van der Waals surface area (Å²) in [6, 6.07) is 5.83. The third kappa shape index (κ3) is 2.16. The van der Waals surface area contributed by atoms with E-state index in [0.717, 1.165) is 24.2 Å². The van der Waals surface area contributed by atoms with E-state index >= 15 is 0 Å². The lowest BCUT2D eigenvalue weighted by molar-refractivity contribution is 0.672. The van der Waals surface area contributed by atoms with Crippen molar-refractivity contribution in [3.05, 3.63) is 34.2 Å². The number of nitrogens with zero attached hydrogens (tertiary/aromatic N) is 5. The standard InChI is InChI=1S/C14H14ClN5/c1-9-6-7-12(18-17-9)20-14(15)11(8-16)13(19-20)10-4-2-3-5-10/h6-7,10H,2-5H2,1H3. The van der Waals surface area contributed by atoms with Crippen molar-refractivity contribution in [3.8, 4) is 11.9 Å². The number of hydrogen-bond donors (Lipinski definition) is 0. The molecule has 1 aliphatic rings. The van der Waals surface area contributed by atoms with E-state index in [1.54, 1.807) is 6.07 Å². The molecule has 0 amide bonds. The third-order valence-electron chi connectivity index (χ3n) is 3.71. The fourth-order valence-corrected chi connectivity index (χ4v) is 2.92. The van der Waals surface area contributed by atoms with Crippen molar-refractivity contribution in [3.63, 3.8) is 0 Å². The Kier molecular flexibility index (Phi) is 3.41. The molecule has 2 aromatic heterocycles. The van der Waals surface area contributed by atoms with Gasteiger partial charge < -0.3 is 0 Å². The largest absolute Gasteiger partial charge is 0.200 e. The zero-order valence-electron chi connectivity index (χ0n) is 11.2. The molecule has 0 radical (unpaired) electrons. The number of nitriles is 1. The molecule has 3 rings (SSSR count). The number of hydrogen-bond acceptors (Lipinski definition) is 4. The smallest absolute Gasteiger partial charge is 0.177 e. The van der Waals surface area contributed by atoms with Gasteiger partial charge in [0.1, 0.15) is 11.6 Å². The molecule has 1 fully saturated rings. The highest BCUT2D eigenvalue weighted by Gasteiger charge is 2.27. The lowest BCUT2D eigenvalue weighted by Crippen LogP contribution is -2.03. The monoisotopic (exact) mass is 287 g/mol. The van der Waals surface area contributed by atoms with Crippen LogP contribution in [0.1, 0.15) is 48.6 Å². The van der Waals surface area contributed by atoms with Gasteiger partial charge >= 0.3 is 0 Å². The summed E-state index contributed by atoms with van der Waals surface area (Å²) in [5.41, 5.74) is 2.10. The molecule has 0 aromatic carbocycles. The highest BCUT2D eigenvalue weighted by atomic mass is 35.5. The van der Waals surface area contributed by atoms with E-state index in [1.165, 1.54) is 17.5 Å². The second kappa shape index (κ2) is 5.22. The molecule has 2 aromatic rings. The number of aryl methyl sites for hydroxylation is 1.